The lowest BCUT2D eigenvalue weighted by Crippen LogP contribution is -2.30. The first-order chi connectivity index (χ1) is 14.4. The Morgan fingerprint density at radius 3 is 2.43 bits per heavy atom. The Labute approximate surface area is 177 Å². The molecule has 1 amide bonds. The molecule has 2 aromatic rings. The second-order valence-corrected chi connectivity index (χ2v) is 9.54. The van der Waals surface area contributed by atoms with Gasteiger partial charge in [0.05, 0.1) is 16.3 Å². The number of rotatable bonds is 8. The van der Waals surface area contributed by atoms with E-state index in [4.69, 9.17) is 0 Å². The molecule has 6 nitrogen and oxygen atoms in total. The summed E-state index contributed by atoms with van der Waals surface area (Å²) in [7, 11) is -2.24. The highest BCUT2D eigenvalue weighted by Crippen LogP contribution is 2.28. The summed E-state index contributed by atoms with van der Waals surface area (Å²) >= 11 is 0. The molecule has 1 fully saturated rings. The standard InChI is InChI=1S/C22H28FN3O3S/c1-25(30(28,29)19-13-11-18(23)12-14-19)15-7-10-22(27)24-20-8-3-4-9-21(20)26-16-5-2-6-17-26/h3-4,8-9,11-14H,2,5-7,10,15-17H2,1H3,(H,24,27). The largest absolute Gasteiger partial charge is 0.370 e. The van der Waals surface area contributed by atoms with E-state index in [0.29, 0.717) is 6.42 Å². The fourth-order valence-electron chi connectivity index (χ4n) is 3.57. The van der Waals surface area contributed by atoms with E-state index in [1.165, 1.54) is 29.9 Å². The number of hydrogen-bond acceptors (Lipinski definition) is 4. The van der Waals surface area contributed by atoms with Gasteiger partial charge >= 0.3 is 0 Å². The van der Waals surface area contributed by atoms with Crippen LogP contribution in [0.5, 0.6) is 0 Å². The van der Waals surface area contributed by atoms with Crippen molar-refractivity contribution in [3.8, 4) is 0 Å². The van der Waals surface area contributed by atoms with E-state index in [1.807, 2.05) is 24.3 Å². The summed E-state index contributed by atoms with van der Waals surface area (Å²) in [6.45, 7) is 2.17. The number of para-hydroxylation sites is 2. The van der Waals surface area contributed by atoms with Gasteiger partial charge < -0.3 is 10.2 Å². The second kappa shape index (κ2) is 10.0. The van der Waals surface area contributed by atoms with Crippen LogP contribution in [0.1, 0.15) is 32.1 Å². The summed E-state index contributed by atoms with van der Waals surface area (Å²) in [5.74, 6) is -0.634. The highest BCUT2D eigenvalue weighted by molar-refractivity contribution is 7.89. The summed E-state index contributed by atoms with van der Waals surface area (Å²) in [6, 6.07) is 12.5. The number of anilines is 2. The Hall–Kier alpha value is -2.45. The van der Waals surface area contributed by atoms with Crippen LogP contribution in [0.3, 0.4) is 0 Å². The number of carbonyl (C=O) groups excluding carboxylic acids is 1. The van der Waals surface area contributed by atoms with Crippen LogP contribution in [0, 0.1) is 5.82 Å². The molecule has 0 bridgehead atoms. The van der Waals surface area contributed by atoms with Crippen molar-refractivity contribution < 1.29 is 17.6 Å². The predicted octanol–water partition coefficient (Wildman–Crippen LogP) is 3.86. The van der Waals surface area contributed by atoms with Gasteiger partial charge in [-0.1, -0.05) is 12.1 Å². The smallest absolute Gasteiger partial charge is 0.242 e. The zero-order valence-corrected chi connectivity index (χ0v) is 18.0. The van der Waals surface area contributed by atoms with Crippen LogP contribution in [0.4, 0.5) is 15.8 Å². The van der Waals surface area contributed by atoms with E-state index >= 15 is 0 Å². The maximum absolute atomic E-state index is 13.0. The molecule has 1 heterocycles. The van der Waals surface area contributed by atoms with Gasteiger partial charge in [0.1, 0.15) is 5.82 Å². The van der Waals surface area contributed by atoms with E-state index in [0.717, 1.165) is 49.4 Å². The van der Waals surface area contributed by atoms with E-state index < -0.39 is 15.8 Å². The van der Waals surface area contributed by atoms with Gasteiger partial charge in [-0.25, -0.2) is 17.1 Å². The van der Waals surface area contributed by atoms with Gasteiger partial charge in [0.25, 0.3) is 0 Å². The summed E-state index contributed by atoms with van der Waals surface area (Å²) in [5.41, 5.74) is 1.82. The van der Waals surface area contributed by atoms with Gasteiger partial charge in [-0.05, 0) is 62.1 Å². The molecule has 0 spiro atoms. The van der Waals surface area contributed by atoms with Crippen molar-refractivity contribution in [1.29, 1.82) is 0 Å². The van der Waals surface area contributed by atoms with Crippen molar-refractivity contribution in [2.24, 2.45) is 0 Å². The topological polar surface area (TPSA) is 69.7 Å². The number of piperidine rings is 1. The summed E-state index contributed by atoms with van der Waals surface area (Å²) in [5, 5.41) is 2.97. The maximum atomic E-state index is 13.0. The Balaban J connectivity index is 1.53. The van der Waals surface area contributed by atoms with Crippen molar-refractivity contribution in [3.05, 3.63) is 54.3 Å². The summed E-state index contributed by atoms with van der Waals surface area (Å²) < 4.78 is 39.3. The van der Waals surface area contributed by atoms with E-state index in [1.54, 1.807) is 0 Å². The SMILES string of the molecule is CN(CCCC(=O)Nc1ccccc1N1CCCCC1)S(=O)(=O)c1ccc(F)cc1. The Morgan fingerprint density at radius 2 is 1.73 bits per heavy atom. The van der Waals surface area contributed by atoms with Gasteiger partial charge in [-0.3, -0.25) is 4.79 Å². The van der Waals surface area contributed by atoms with Crippen LogP contribution >= 0.6 is 0 Å². The summed E-state index contributed by atoms with van der Waals surface area (Å²) in [6.07, 6.45) is 4.12. The molecule has 0 aliphatic carbocycles. The van der Waals surface area contributed by atoms with Crippen LogP contribution in [-0.2, 0) is 14.8 Å². The summed E-state index contributed by atoms with van der Waals surface area (Å²) in [4.78, 5) is 14.8. The molecule has 0 saturated carbocycles. The molecular formula is C22H28FN3O3S. The van der Waals surface area contributed by atoms with Gasteiger partial charge in [0.2, 0.25) is 15.9 Å². The average molecular weight is 434 g/mol. The highest BCUT2D eigenvalue weighted by atomic mass is 32.2. The first kappa shape index (κ1) is 22.2. The number of sulfonamides is 1. The molecule has 1 N–H and O–H groups in total. The molecule has 1 aliphatic rings. The van der Waals surface area contributed by atoms with Gasteiger partial charge in [0.15, 0.2) is 0 Å². The Kier molecular flexibility index (Phi) is 7.44. The molecule has 0 atom stereocenters. The molecule has 162 valence electrons. The number of hydrogen-bond donors (Lipinski definition) is 1. The monoisotopic (exact) mass is 433 g/mol. The van der Waals surface area contributed by atoms with Gasteiger partial charge in [-0.15, -0.1) is 0 Å². The lowest BCUT2D eigenvalue weighted by Gasteiger charge is -2.30. The molecular weight excluding hydrogens is 405 g/mol. The number of benzene rings is 2. The van der Waals surface area contributed by atoms with Crippen LogP contribution in [0.2, 0.25) is 0 Å². The van der Waals surface area contributed by atoms with E-state index in [9.17, 15) is 17.6 Å². The molecule has 1 saturated heterocycles. The Bertz CT molecular complexity index is 958. The van der Waals surface area contributed by atoms with Crippen molar-refractivity contribution in [3.63, 3.8) is 0 Å². The predicted molar refractivity (Wildman–Crippen MR) is 117 cm³/mol. The van der Waals surface area contributed by atoms with Crippen molar-refractivity contribution in [1.82, 2.24) is 4.31 Å². The lowest BCUT2D eigenvalue weighted by atomic mass is 10.1. The molecule has 8 heteroatoms. The van der Waals surface area contributed by atoms with Crippen LogP contribution in [-0.4, -0.2) is 45.3 Å². The fourth-order valence-corrected chi connectivity index (χ4v) is 4.78. The fraction of sp³-hybridized carbons (Fsp3) is 0.409. The number of nitrogens with one attached hydrogen (secondary N) is 1. The molecule has 2 aromatic carbocycles. The zero-order chi connectivity index (χ0) is 21.6. The van der Waals surface area contributed by atoms with Crippen molar-refractivity contribution in [2.75, 3.05) is 36.9 Å². The maximum Gasteiger partial charge on any atom is 0.242 e. The quantitative estimate of drug-likeness (QED) is 0.686. The zero-order valence-electron chi connectivity index (χ0n) is 17.2. The highest BCUT2D eigenvalue weighted by Gasteiger charge is 2.21. The number of amides is 1. The van der Waals surface area contributed by atoms with E-state index in [-0.39, 0.29) is 23.8 Å². The van der Waals surface area contributed by atoms with Crippen molar-refractivity contribution in [2.45, 2.75) is 37.0 Å². The van der Waals surface area contributed by atoms with Crippen LogP contribution in [0.15, 0.2) is 53.4 Å². The Morgan fingerprint density at radius 1 is 1.07 bits per heavy atom. The molecule has 3 rings (SSSR count). The molecule has 0 aromatic heterocycles. The molecule has 0 radical (unpaired) electrons. The third-order valence-corrected chi connectivity index (χ3v) is 7.14. The van der Waals surface area contributed by atoms with Crippen LogP contribution in [0.25, 0.3) is 0 Å². The van der Waals surface area contributed by atoms with Gasteiger partial charge in [0, 0.05) is 33.1 Å². The average Bonchev–Trinajstić information content (AvgIpc) is 2.75. The first-order valence-corrected chi connectivity index (χ1v) is 11.7. The minimum atomic E-state index is -3.71. The molecule has 30 heavy (non-hydrogen) atoms. The first-order valence-electron chi connectivity index (χ1n) is 10.2. The second-order valence-electron chi connectivity index (χ2n) is 7.50. The van der Waals surface area contributed by atoms with Crippen molar-refractivity contribution >= 4 is 27.3 Å². The normalized spacial score (nSPS) is 14.7. The number of carbonyl (C=O) groups is 1. The molecule has 0 unspecified atom stereocenters. The third kappa shape index (κ3) is 5.58. The third-order valence-electron chi connectivity index (χ3n) is 5.27. The minimum absolute atomic E-state index is 0.0336. The van der Waals surface area contributed by atoms with Crippen LogP contribution < -0.4 is 10.2 Å². The van der Waals surface area contributed by atoms with Gasteiger partial charge in [-0.2, -0.15) is 0 Å². The lowest BCUT2D eigenvalue weighted by molar-refractivity contribution is -0.116. The molecule has 1 aliphatic heterocycles. The minimum Gasteiger partial charge on any atom is -0.370 e. The number of nitrogens with zero attached hydrogens (tertiary/aromatic N) is 2. The number of halogens is 1. The van der Waals surface area contributed by atoms with E-state index in [2.05, 4.69) is 10.2 Å².